The largest absolute Gasteiger partial charge is 0.392 e. The molecule has 0 amide bonds. The number of aliphatic hydroxyl groups excluding tert-OH is 1. The van der Waals surface area contributed by atoms with E-state index in [0.29, 0.717) is 6.42 Å². The van der Waals surface area contributed by atoms with Gasteiger partial charge in [-0.05, 0) is 17.0 Å². The lowest BCUT2D eigenvalue weighted by molar-refractivity contribution is -0.157. The summed E-state index contributed by atoms with van der Waals surface area (Å²) in [6.45, 7) is 7.88. The zero-order valence-electron chi connectivity index (χ0n) is 11.1. The molecule has 2 atom stereocenters. The smallest absolute Gasteiger partial charge is 0.101 e. The summed E-state index contributed by atoms with van der Waals surface area (Å²) in [5.41, 5.74) is 0.742. The highest BCUT2D eigenvalue weighted by molar-refractivity contribution is 5.44. The van der Waals surface area contributed by atoms with Crippen molar-refractivity contribution in [1.82, 2.24) is 0 Å². The van der Waals surface area contributed by atoms with Gasteiger partial charge in [-0.15, -0.1) is 0 Å². The Morgan fingerprint density at radius 3 is 2.35 bits per heavy atom. The molecule has 17 heavy (non-hydrogen) atoms. The first-order chi connectivity index (χ1) is 7.80. The minimum absolute atomic E-state index is 0.141. The third-order valence-electron chi connectivity index (χ3n) is 4.35. The van der Waals surface area contributed by atoms with Crippen LogP contribution in [0.2, 0.25) is 0 Å². The van der Waals surface area contributed by atoms with Crippen LogP contribution in [0.25, 0.3) is 0 Å². The Balaban J connectivity index is 2.37. The molecule has 0 aromatic heterocycles. The maximum absolute atomic E-state index is 10.8. The topological polar surface area (TPSA) is 40.5 Å². The highest BCUT2D eigenvalue weighted by Gasteiger charge is 2.55. The van der Waals surface area contributed by atoms with Crippen molar-refractivity contribution < 1.29 is 10.2 Å². The van der Waals surface area contributed by atoms with Crippen LogP contribution in [-0.4, -0.2) is 16.3 Å². The molecule has 1 aromatic carbocycles. The van der Waals surface area contributed by atoms with Crippen LogP contribution >= 0.6 is 0 Å². The van der Waals surface area contributed by atoms with E-state index in [-0.39, 0.29) is 5.92 Å². The van der Waals surface area contributed by atoms with Gasteiger partial charge in [0.1, 0.15) is 5.60 Å². The lowest BCUT2D eigenvalue weighted by Gasteiger charge is -2.53. The molecule has 1 aliphatic rings. The molecule has 0 bridgehead atoms. The monoisotopic (exact) mass is 234 g/mol. The number of hydrogen-bond donors (Lipinski definition) is 2. The summed E-state index contributed by atoms with van der Waals surface area (Å²) >= 11 is 0. The fraction of sp³-hybridized carbons (Fsp3) is 0.600. The number of benzene rings is 1. The number of fused-ring (bicyclic) bond motifs is 1. The first-order valence-electron chi connectivity index (χ1n) is 6.29. The second-order valence-electron chi connectivity index (χ2n) is 6.10. The van der Waals surface area contributed by atoms with E-state index in [2.05, 4.69) is 0 Å². The van der Waals surface area contributed by atoms with Crippen LogP contribution in [0.4, 0.5) is 0 Å². The van der Waals surface area contributed by atoms with E-state index < -0.39 is 17.1 Å². The molecule has 94 valence electrons. The quantitative estimate of drug-likeness (QED) is 0.843. The molecule has 0 radical (unpaired) electrons. The summed E-state index contributed by atoms with van der Waals surface area (Å²) in [5.74, 6) is 0.141. The van der Waals surface area contributed by atoms with Gasteiger partial charge < -0.3 is 10.2 Å². The Morgan fingerprint density at radius 2 is 1.82 bits per heavy atom. The highest BCUT2D eigenvalue weighted by atomic mass is 16.3. The molecule has 2 nitrogen and oxygen atoms in total. The molecular weight excluding hydrogens is 212 g/mol. The van der Waals surface area contributed by atoms with Crippen LogP contribution in [0.1, 0.15) is 38.8 Å². The maximum Gasteiger partial charge on any atom is 0.101 e. The van der Waals surface area contributed by atoms with Gasteiger partial charge in [-0.1, -0.05) is 52.0 Å². The van der Waals surface area contributed by atoms with Crippen molar-refractivity contribution in [2.75, 3.05) is 0 Å². The molecule has 0 spiro atoms. The van der Waals surface area contributed by atoms with Crippen molar-refractivity contribution in [3.63, 3.8) is 0 Å². The predicted molar refractivity (Wildman–Crippen MR) is 68.7 cm³/mol. The molecular formula is C15H22O2. The van der Waals surface area contributed by atoms with Crippen molar-refractivity contribution in [2.24, 2.45) is 11.3 Å². The molecule has 0 saturated carbocycles. The fourth-order valence-electron chi connectivity index (χ4n) is 2.99. The van der Waals surface area contributed by atoms with Gasteiger partial charge in [-0.2, -0.15) is 0 Å². The van der Waals surface area contributed by atoms with Gasteiger partial charge in [0.25, 0.3) is 0 Å². The van der Waals surface area contributed by atoms with Crippen molar-refractivity contribution in [3.8, 4) is 0 Å². The Kier molecular flexibility index (Phi) is 2.83. The van der Waals surface area contributed by atoms with E-state index in [1.807, 2.05) is 52.0 Å². The lowest BCUT2D eigenvalue weighted by Crippen LogP contribution is -2.56. The van der Waals surface area contributed by atoms with E-state index in [0.717, 1.165) is 5.56 Å². The molecule has 0 unspecified atom stereocenters. The maximum atomic E-state index is 10.8. The van der Waals surface area contributed by atoms with E-state index >= 15 is 0 Å². The third kappa shape index (κ3) is 1.62. The SMILES string of the molecule is CC(C)[C@H](O)C(C)(C)[C@]1(O)Cc2ccccc21. The number of hydrogen-bond acceptors (Lipinski definition) is 2. The zero-order valence-corrected chi connectivity index (χ0v) is 11.1. The van der Waals surface area contributed by atoms with Gasteiger partial charge in [0, 0.05) is 11.8 Å². The average molecular weight is 234 g/mol. The minimum Gasteiger partial charge on any atom is -0.392 e. The molecule has 1 aliphatic carbocycles. The highest BCUT2D eigenvalue weighted by Crippen LogP contribution is 2.53. The molecule has 0 heterocycles. The average Bonchev–Trinajstić information content (AvgIpc) is 2.26. The number of aliphatic hydroxyl groups is 2. The summed E-state index contributed by atoms with van der Waals surface area (Å²) in [6.07, 6.45) is 0.126. The minimum atomic E-state index is -0.896. The Labute approximate surface area is 103 Å². The van der Waals surface area contributed by atoms with E-state index in [4.69, 9.17) is 0 Å². The van der Waals surface area contributed by atoms with E-state index in [9.17, 15) is 10.2 Å². The van der Waals surface area contributed by atoms with Crippen LogP contribution in [-0.2, 0) is 12.0 Å². The summed E-state index contributed by atoms with van der Waals surface area (Å²) in [6, 6.07) is 7.94. The summed E-state index contributed by atoms with van der Waals surface area (Å²) in [5, 5.41) is 21.2. The van der Waals surface area contributed by atoms with Crippen LogP contribution in [0.3, 0.4) is 0 Å². The molecule has 2 rings (SSSR count). The Bertz CT molecular complexity index is 423. The first kappa shape index (κ1) is 12.6. The molecule has 1 aromatic rings. The lowest BCUT2D eigenvalue weighted by atomic mass is 9.56. The molecule has 0 fully saturated rings. The van der Waals surface area contributed by atoms with E-state index in [1.165, 1.54) is 5.56 Å². The number of rotatable bonds is 3. The van der Waals surface area contributed by atoms with Gasteiger partial charge in [-0.25, -0.2) is 0 Å². The van der Waals surface area contributed by atoms with Crippen LogP contribution in [0.15, 0.2) is 24.3 Å². The van der Waals surface area contributed by atoms with E-state index in [1.54, 1.807) is 0 Å². The van der Waals surface area contributed by atoms with Gasteiger partial charge >= 0.3 is 0 Å². The first-order valence-corrected chi connectivity index (χ1v) is 6.29. The summed E-state index contributed by atoms with van der Waals surface area (Å²) < 4.78 is 0. The van der Waals surface area contributed by atoms with Crippen LogP contribution in [0, 0.1) is 11.3 Å². The van der Waals surface area contributed by atoms with Gasteiger partial charge in [0.15, 0.2) is 0 Å². The summed E-state index contributed by atoms with van der Waals surface area (Å²) in [4.78, 5) is 0. The van der Waals surface area contributed by atoms with Crippen LogP contribution in [0.5, 0.6) is 0 Å². The zero-order chi connectivity index (χ0) is 12.8. The molecule has 0 aliphatic heterocycles. The van der Waals surface area contributed by atoms with Crippen molar-refractivity contribution in [3.05, 3.63) is 35.4 Å². The predicted octanol–water partition coefficient (Wildman–Crippen LogP) is 2.47. The normalized spacial score (nSPS) is 25.4. The van der Waals surface area contributed by atoms with Gasteiger partial charge in [-0.3, -0.25) is 0 Å². The standard InChI is InChI=1S/C15H22O2/c1-10(2)13(16)14(3,4)15(17)9-11-7-5-6-8-12(11)15/h5-8,10,13,16-17H,9H2,1-4H3/t13-,15-/m0/s1. The van der Waals surface area contributed by atoms with Gasteiger partial charge in [0.2, 0.25) is 0 Å². The van der Waals surface area contributed by atoms with Crippen LogP contribution < -0.4 is 0 Å². The van der Waals surface area contributed by atoms with Crippen molar-refractivity contribution in [1.29, 1.82) is 0 Å². The second kappa shape index (κ2) is 3.82. The van der Waals surface area contributed by atoms with Crippen molar-refractivity contribution in [2.45, 2.75) is 45.8 Å². The van der Waals surface area contributed by atoms with Crippen molar-refractivity contribution >= 4 is 0 Å². The fourth-order valence-corrected chi connectivity index (χ4v) is 2.99. The molecule has 2 heteroatoms. The Hall–Kier alpha value is -0.860. The molecule has 0 saturated heterocycles. The Morgan fingerprint density at radius 1 is 1.24 bits per heavy atom. The molecule has 2 N–H and O–H groups in total. The van der Waals surface area contributed by atoms with Gasteiger partial charge in [0.05, 0.1) is 6.10 Å². The second-order valence-corrected chi connectivity index (χ2v) is 6.10. The third-order valence-corrected chi connectivity index (χ3v) is 4.35. The summed E-state index contributed by atoms with van der Waals surface area (Å²) in [7, 11) is 0.